The molecule has 0 radical (unpaired) electrons. The lowest BCUT2D eigenvalue weighted by Crippen LogP contribution is -2.05. The van der Waals surface area contributed by atoms with Gasteiger partial charge in [0.15, 0.2) is 0 Å². The number of hydrogen-bond acceptors (Lipinski definition) is 1. The molecule has 0 fully saturated rings. The molecule has 0 saturated carbocycles. The SMILES string of the molecule is C#CC#CCC=CCCCCCC=CC(N)=O. The van der Waals surface area contributed by atoms with E-state index in [1.807, 2.05) is 12.2 Å². The lowest BCUT2D eigenvalue weighted by atomic mass is 10.1. The molecule has 0 aliphatic carbocycles. The number of allylic oxidation sites excluding steroid dienone is 3. The summed E-state index contributed by atoms with van der Waals surface area (Å²) < 4.78 is 0. The van der Waals surface area contributed by atoms with Gasteiger partial charge in [-0.25, -0.2) is 0 Å². The maximum absolute atomic E-state index is 10.4. The lowest BCUT2D eigenvalue weighted by molar-refractivity contribution is -0.113. The smallest absolute Gasteiger partial charge is 0.241 e. The highest BCUT2D eigenvalue weighted by Crippen LogP contribution is 2.04. The highest BCUT2D eigenvalue weighted by molar-refractivity contribution is 5.85. The van der Waals surface area contributed by atoms with Gasteiger partial charge in [-0.2, -0.15) is 0 Å². The molecule has 0 aromatic heterocycles. The van der Waals surface area contributed by atoms with Crippen LogP contribution in [0.1, 0.15) is 38.5 Å². The van der Waals surface area contributed by atoms with Crippen molar-refractivity contribution in [1.82, 2.24) is 0 Å². The second-order valence-corrected chi connectivity index (χ2v) is 3.56. The van der Waals surface area contributed by atoms with Gasteiger partial charge < -0.3 is 5.73 Å². The Bertz CT molecular complexity index is 361. The molecule has 0 atom stereocenters. The maximum Gasteiger partial charge on any atom is 0.241 e. The highest BCUT2D eigenvalue weighted by atomic mass is 16.1. The molecule has 0 aliphatic heterocycles. The minimum atomic E-state index is -0.374. The number of terminal acetylenes is 1. The number of nitrogens with two attached hydrogens (primary N) is 1. The fourth-order valence-electron chi connectivity index (χ4n) is 1.26. The fourth-order valence-corrected chi connectivity index (χ4v) is 1.26. The van der Waals surface area contributed by atoms with Crippen LogP contribution >= 0.6 is 0 Å². The molecule has 0 aromatic carbocycles. The van der Waals surface area contributed by atoms with Gasteiger partial charge in [0.1, 0.15) is 0 Å². The van der Waals surface area contributed by atoms with E-state index in [0.717, 1.165) is 38.5 Å². The van der Waals surface area contributed by atoms with Crippen LogP contribution in [0.2, 0.25) is 0 Å². The Morgan fingerprint density at radius 1 is 1.12 bits per heavy atom. The van der Waals surface area contributed by atoms with Gasteiger partial charge in [-0.05, 0) is 43.6 Å². The Balaban J connectivity index is 3.30. The molecule has 0 spiro atoms. The van der Waals surface area contributed by atoms with Crippen LogP contribution in [0.5, 0.6) is 0 Å². The number of primary amides is 1. The van der Waals surface area contributed by atoms with Gasteiger partial charge >= 0.3 is 0 Å². The third-order valence-corrected chi connectivity index (χ3v) is 2.07. The first-order valence-electron chi connectivity index (χ1n) is 5.82. The van der Waals surface area contributed by atoms with Crippen LogP contribution in [0.15, 0.2) is 24.3 Å². The van der Waals surface area contributed by atoms with Crippen LogP contribution in [-0.2, 0) is 4.79 Å². The second-order valence-electron chi connectivity index (χ2n) is 3.56. The molecular weight excluding hydrogens is 210 g/mol. The molecule has 0 saturated heterocycles. The summed E-state index contributed by atoms with van der Waals surface area (Å²) >= 11 is 0. The van der Waals surface area contributed by atoms with Gasteiger partial charge in [0.25, 0.3) is 0 Å². The molecule has 2 N–H and O–H groups in total. The van der Waals surface area contributed by atoms with Crippen molar-refractivity contribution in [2.24, 2.45) is 5.73 Å². The first-order chi connectivity index (χ1) is 8.27. The van der Waals surface area contributed by atoms with Crippen LogP contribution in [0.25, 0.3) is 0 Å². The normalized spacial score (nSPS) is 10.1. The Hall–Kier alpha value is -1.93. The van der Waals surface area contributed by atoms with Gasteiger partial charge in [-0.1, -0.05) is 30.6 Å². The number of unbranched alkanes of at least 4 members (excludes halogenated alkanes) is 4. The number of amides is 1. The van der Waals surface area contributed by atoms with E-state index in [4.69, 9.17) is 12.2 Å². The van der Waals surface area contributed by atoms with Crippen LogP contribution < -0.4 is 5.73 Å². The van der Waals surface area contributed by atoms with E-state index < -0.39 is 0 Å². The van der Waals surface area contributed by atoms with Crippen molar-refractivity contribution < 1.29 is 4.79 Å². The Morgan fingerprint density at radius 2 is 1.82 bits per heavy atom. The van der Waals surface area contributed by atoms with Gasteiger partial charge in [0.05, 0.1) is 0 Å². The van der Waals surface area contributed by atoms with Crippen LogP contribution in [0.4, 0.5) is 0 Å². The summed E-state index contributed by atoms with van der Waals surface area (Å²) in [6.45, 7) is 0. The van der Waals surface area contributed by atoms with Gasteiger partial charge in [-0.15, -0.1) is 6.42 Å². The second kappa shape index (κ2) is 12.1. The predicted molar refractivity (Wildman–Crippen MR) is 71.8 cm³/mol. The van der Waals surface area contributed by atoms with E-state index in [2.05, 4.69) is 23.8 Å². The topological polar surface area (TPSA) is 43.1 Å². The summed E-state index contributed by atoms with van der Waals surface area (Å²) in [5.41, 5.74) is 4.96. The predicted octanol–water partition coefficient (Wildman–Crippen LogP) is 2.56. The van der Waals surface area contributed by atoms with Crippen molar-refractivity contribution in [2.45, 2.75) is 38.5 Å². The molecule has 2 nitrogen and oxygen atoms in total. The minimum Gasteiger partial charge on any atom is -0.366 e. The number of hydrogen-bond donors (Lipinski definition) is 1. The quantitative estimate of drug-likeness (QED) is 0.295. The molecule has 0 heterocycles. The monoisotopic (exact) mass is 229 g/mol. The standard InChI is InChI=1S/C15H19NO/c1-2-3-4-5-6-7-8-9-10-11-12-13-14-15(16)17/h1,6-7,13-14H,5,8-12H2,(H2,16,17). The molecule has 0 unspecified atom stereocenters. The van der Waals surface area contributed by atoms with Crippen molar-refractivity contribution in [3.05, 3.63) is 24.3 Å². The van der Waals surface area contributed by atoms with Gasteiger partial charge in [0.2, 0.25) is 5.91 Å². The summed E-state index contributed by atoms with van der Waals surface area (Å²) in [6.07, 6.45) is 18.5. The van der Waals surface area contributed by atoms with E-state index in [0.29, 0.717) is 0 Å². The van der Waals surface area contributed by atoms with Crippen molar-refractivity contribution in [3.8, 4) is 24.2 Å². The van der Waals surface area contributed by atoms with E-state index in [9.17, 15) is 4.79 Å². The molecule has 0 bridgehead atoms. The van der Waals surface area contributed by atoms with Crippen LogP contribution in [-0.4, -0.2) is 5.91 Å². The van der Waals surface area contributed by atoms with Crippen LogP contribution in [0, 0.1) is 24.2 Å². The third-order valence-electron chi connectivity index (χ3n) is 2.07. The highest BCUT2D eigenvalue weighted by Gasteiger charge is 1.86. The maximum atomic E-state index is 10.4. The van der Waals surface area contributed by atoms with Crippen molar-refractivity contribution >= 4 is 5.91 Å². The zero-order valence-corrected chi connectivity index (χ0v) is 10.1. The average Bonchev–Trinajstić information content (AvgIpc) is 2.30. The molecule has 0 aromatic rings. The summed E-state index contributed by atoms with van der Waals surface area (Å²) in [4.78, 5) is 10.4. The fraction of sp³-hybridized carbons (Fsp3) is 0.400. The molecule has 0 aliphatic rings. The van der Waals surface area contributed by atoms with Crippen LogP contribution in [0.3, 0.4) is 0 Å². The Labute approximate surface area is 104 Å². The number of carbonyl (C=O) groups excluding carboxylic acids is 1. The van der Waals surface area contributed by atoms with Gasteiger partial charge in [-0.3, -0.25) is 4.79 Å². The summed E-state index contributed by atoms with van der Waals surface area (Å²) in [6, 6.07) is 0. The minimum absolute atomic E-state index is 0.374. The third kappa shape index (κ3) is 14.1. The molecule has 17 heavy (non-hydrogen) atoms. The molecule has 0 rings (SSSR count). The van der Waals surface area contributed by atoms with E-state index in [1.54, 1.807) is 0 Å². The zero-order valence-electron chi connectivity index (χ0n) is 10.1. The molecule has 1 amide bonds. The van der Waals surface area contributed by atoms with Crippen molar-refractivity contribution in [3.63, 3.8) is 0 Å². The van der Waals surface area contributed by atoms with E-state index >= 15 is 0 Å². The summed E-state index contributed by atoms with van der Waals surface area (Å²) in [7, 11) is 0. The zero-order chi connectivity index (χ0) is 12.8. The molecular formula is C15H19NO. The Kier molecular flexibility index (Phi) is 10.8. The van der Waals surface area contributed by atoms with E-state index in [-0.39, 0.29) is 5.91 Å². The van der Waals surface area contributed by atoms with Crippen molar-refractivity contribution in [2.75, 3.05) is 0 Å². The Morgan fingerprint density at radius 3 is 2.47 bits per heavy atom. The van der Waals surface area contributed by atoms with Gasteiger partial charge in [0, 0.05) is 6.42 Å². The summed E-state index contributed by atoms with van der Waals surface area (Å²) in [5, 5.41) is 0. The summed E-state index contributed by atoms with van der Waals surface area (Å²) in [5.74, 6) is 7.30. The first kappa shape index (κ1) is 15.1. The average molecular weight is 229 g/mol. The number of carbonyl (C=O) groups is 1. The number of rotatable bonds is 8. The lowest BCUT2D eigenvalue weighted by Gasteiger charge is -1.94. The molecule has 2 heteroatoms. The first-order valence-corrected chi connectivity index (χ1v) is 5.82. The largest absolute Gasteiger partial charge is 0.366 e. The van der Waals surface area contributed by atoms with E-state index in [1.165, 1.54) is 6.08 Å². The van der Waals surface area contributed by atoms with Crippen molar-refractivity contribution in [1.29, 1.82) is 0 Å². The molecule has 90 valence electrons.